The molecular formula is C22H32N4O3. The predicted octanol–water partition coefficient (Wildman–Crippen LogP) is 2.42. The first kappa shape index (κ1) is 19.1. The van der Waals surface area contributed by atoms with Crippen LogP contribution in [0.4, 0.5) is 0 Å². The second kappa shape index (κ2) is 6.56. The maximum Gasteiger partial charge on any atom is 0.332 e. The van der Waals surface area contributed by atoms with Gasteiger partial charge in [-0.3, -0.25) is 13.9 Å². The van der Waals surface area contributed by atoms with Gasteiger partial charge in [0.15, 0.2) is 11.2 Å². The van der Waals surface area contributed by atoms with E-state index in [-0.39, 0.29) is 17.2 Å². The molecule has 1 N–H and O–H groups in total. The summed E-state index contributed by atoms with van der Waals surface area (Å²) in [6.45, 7) is 3.13. The van der Waals surface area contributed by atoms with Gasteiger partial charge in [-0.1, -0.05) is 12.8 Å². The predicted molar refractivity (Wildman–Crippen MR) is 111 cm³/mol. The summed E-state index contributed by atoms with van der Waals surface area (Å²) in [7, 11) is 1.71. The highest BCUT2D eigenvalue weighted by molar-refractivity contribution is 5.70. The first-order chi connectivity index (χ1) is 13.8. The average molecular weight is 401 g/mol. The summed E-state index contributed by atoms with van der Waals surface area (Å²) in [6, 6.07) is 0. The van der Waals surface area contributed by atoms with Crippen LogP contribution in [0, 0.1) is 17.3 Å². The SMILES string of the molecule is Cn1c(=O)n(CC2CCC(C)(O)CC2)c(=O)c2c1ncn2CC1CC12CCCC2. The van der Waals surface area contributed by atoms with Gasteiger partial charge >= 0.3 is 5.69 Å². The van der Waals surface area contributed by atoms with Crippen molar-refractivity contribution in [2.24, 2.45) is 24.3 Å². The van der Waals surface area contributed by atoms with Crippen LogP contribution in [-0.4, -0.2) is 29.4 Å². The van der Waals surface area contributed by atoms with E-state index in [1.165, 1.54) is 41.2 Å². The minimum atomic E-state index is -0.616. The molecule has 2 aromatic rings. The van der Waals surface area contributed by atoms with Crippen LogP contribution in [0.5, 0.6) is 0 Å². The zero-order chi connectivity index (χ0) is 20.4. The topological polar surface area (TPSA) is 82.0 Å². The molecule has 29 heavy (non-hydrogen) atoms. The van der Waals surface area contributed by atoms with Crippen molar-refractivity contribution in [1.82, 2.24) is 18.7 Å². The van der Waals surface area contributed by atoms with Gasteiger partial charge in [-0.05, 0) is 69.1 Å². The molecule has 7 nitrogen and oxygen atoms in total. The molecule has 3 aliphatic carbocycles. The summed E-state index contributed by atoms with van der Waals surface area (Å²) in [5, 5.41) is 10.2. The molecule has 1 spiro atoms. The molecule has 0 saturated heterocycles. The maximum atomic E-state index is 13.3. The summed E-state index contributed by atoms with van der Waals surface area (Å²) < 4.78 is 4.92. The summed E-state index contributed by atoms with van der Waals surface area (Å²) in [4.78, 5) is 30.6. The maximum absolute atomic E-state index is 13.3. The van der Waals surface area contributed by atoms with Crippen molar-refractivity contribution >= 4 is 11.2 Å². The monoisotopic (exact) mass is 400 g/mol. The van der Waals surface area contributed by atoms with E-state index in [0.29, 0.717) is 29.0 Å². The number of hydrogen-bond donors (Lipinski definition) is 1. The molecule has 3 aliphatic rings. The van der Waals surface area contributed by atoms with Crippen LogP contribution >= 0.6 is 0 Å². The van der Waals surface area contributed by atoms with Gasteiger partial charge in [-0.15, -0.1) is 0 Å². The van der Waals surface area contributed by atoms with Gasteiger partial charge in [0.05, 0.1) is 11.9 Å². The van der Waals surface area contributed by atoms with Gasteiger partial charge in [0.25, 0.3) is 5.56 Å². The second-order valence-electron chi connectivity index (χ2n) is 10.2. The molecule has 3 fully saturated rings. The van der Waals surface area contributed by atoms with Crippen LogP contribution in [0.1, 0.15) is 64.7 Å². The van der Waals surface area contributed by atoms with Crippen molar-refractivity contribution in [3.8, 4) is 0 Å². The fourth-order valence-electron chi connectivity index (χ4n) is 5.98. The quantitative estimate of drug-likeness (QED) is 0.855. The first-order valence-electron chi connectivity index (χ1n) is 11.2. The molecule has 2 heterocycles. The van der Waals surface area contributed by atoms with Crippen LogP contribution in [-0.2, 0) is 20.1 Å². The summed E-state index contributed by atoms with van der Waals surface area (Å²) in [5.74, 6) is 0.882. The molecule has 7 heteroatoms. The number of aromatic nitrogens is 4. The normalized spacial score (nSPS) is 31.0. The van der Waals surface area contributed by atoms with Crippen LogP contribution in [0.15, 0.2) is 15.9 Å². The smallest absolute Gasteiger partial charge is 0.332 e. The zero-order valence-electron chi connectivity index (χ0n) is 17.6. The van der Waals surface area contributed by atoms with Gasteiger partial charge in [0.1, 0.15) is 0 Å². The molecule has 1 unspecified atom stereocenters. The van der Waals surface area contributed by atoms with Crippen LogP contribution < -0.4 is 11.2 Å². The van der Waals surface area contributed by atoms with E-state index in [1.807, 2.05) is 11.5 Å². The van der Waals surface area contributed by atoms with Crippen molar-refractivity contribution < 1.29 is 5.11 Å². The zero-order valence-corrected chi connectivity index (χ0v) is 17.6. The molecule has 0 bridgehead atoms. The fourth-order valence-corrected chi connectivity index (χ4v) is 5.98. The van der Waals surface area contributed by atoms with Crippen molar-refractivity contribution in [3.05, 3.63) is 27.2 Å². The highest BCUT2D eigenvalue weighted by Crippen LogP contribution is 2.63. The van der Waals surface area contributed by atoms with E-state index in [9.17, 15) is 14.7 Å². The van der Waals surface area contributed by atoms with Gasteiger partial charge in [-0.2, -0.15) is 0 Å². The Morgan fingerprint density at radius 3 is 2.52 bits per heavy atom. The summed E-state index contributed by atoms with van der Waals surface area (Å²) in [5.41, 5.74) is 0.451. The van der Waals surface area contributed by atoms with Gasteiger partial charge in [0.2, 0.25) is 0 Å². The van der Waals surface area contributed by atoms with E-state index in [4.69, 9.17) is 0 Å². The third-order valence-electron chi connectivity index (χ3n) is 8.10. The van der Waals surface area contributed by atoms with E-state index < -0.39 is 5.60 Å². The average Bonchev–Trinajstić information content (AvgIpc) is 3.00. The number of imidazole rings is 1. The van der Waals surface area contributed by atoms with Gasteiger partial charge in [0, 0.05) is 20.1 Å². The lowest BCUT2D eigenvalue weighted by Gasteiger charge is -2.33. The molecular weight excluding hydrogens is 368 g/mol. The minimum absolute atomic E-state index is 0.209. The molecule has 2 aromatic heterocycles. The van der Waals surface area contributed by atoms with Crippen molar-refractivity contribution in [2.45, 2.75) is 83.4 Å². The van der Waals surface area contributed by atoms with E-state index in [1.54, 1.807) is 13.4 Å². The number of hydrogen-bond acceptors (Lipinski definition) is 4. The Morgan fingerprint density at radius 2 is 1.83 bits per heavy atom. The lowest BCUT2D eigenvalue weighted by molar-refractivity contribution is 0.00550. The van der Waals surface area contributed by atoms with E-state index >= 15 is 0 Å². The van der Waals surface area contributed by atoms with Crippen molar-refractivity contribution in [1.29, 1.82) is 0 Å². The molecule has 0 amide bonds. The van der Waals surface area contributed by atoms with Crippen LogP contribution in [0.2, 0.25) is 0 Å². The molecule has 5 rings (SSSR count). The van der Waals surface area contributed by atoms with Crippen molar-refractivity contribution in [3.63, 3.8) is 0 Å². The highest BCUT2D eigenvalue weighted by atomic mass is 16.3. The molecule has 158 valence electrons. The van der Waals surface area contributed by atoms with Gasteiger partial charge in [-0.25, -0.2) is 9.78 Å². The fraction of sp³-hybridized carbons (Fsp3) is 0.773. The third kappa shape index (κ3) is 3.18. The van der Waals surface area contributed by atoms with Crippen LogP contribution in [0.25, 0.3) is 11.2 Å². The standard InChI is InChI=1S/C22H32N4O3/c1-21(29)9-5-15(6-10-21)12-26-19(27)17-18(24(2)20(26)28)23-14-25(17)13-16-11-22(16)7-3-4-8-22/h14-16,29H,3-13H2,1-2H3. The lowest BCUT2D eigenvalue weighted by Crippen LogP contribution is -2.42. The number of aliphatic hydroxyl groups is 1. The first-order valence-corrected chi connectivity index (χ1v) is 11.2. The number of nitrogens with zero attached hydrogens (tertiary/aromatic N) is 4. The molecule has 3 saturated carbocycles. The Morgan fingerprint density at radius 1 is 1.14 bits per heavy atom. The van der Waals surface area contributed by atoms with Crippen LogP contribution in [0.3, 0.4) is 0 Å². The van der Waals surface area contributed by atoms with E-state index in [0.717, 1.165) is 32.2 Å². The Balaban J connectivity index is 1.45. The lowest BCUT2D eigenvalue weighted by atomic mass is 9.80. The Bertz CT molecular complexity index is 1040. The molecule has 0 aromatic carbocycles. The summed E-state index contributed by atoms with van der Waals surface area (Å²) in [6.07, 6.45) is 11.4. The number of aryl methyl sites for hydroxylation is 1. The second-order valence-corrected chi connectivity index (χ2v) is 10.2. The Labute approximate surface area is 170 Å². The summed E-state index contributed by atoms with van der Waals surface area (Å²) >= 11 is 0. The molecule has 0 radical (unpaired) electrons. The third-order valence-corrected chi connectivity index (χ3v) is 8.10. The highest BCUT2D eigenvalue weighted by Gasteiger charge is 2.54. The number of fused-ring (bicyclic) bond motifs is 1. The Kier molecular flexibility index (Phi) is 4.32. The Hall–Kier alpha value is -1.89. The van der Waals surface area contributed by atoms with E-state index in [2.05, 4.69) is 4.98 Å². The largest absolute Gasteiger partial charge is 0.390 e. The minimum Gasteiger partial charge on any atom is -0.390 e. The number of rotatable bonds is 4. The molecule has 0 aliphatic heterocycles. The molecule has 1 atom stereocenters. The van der Waals surface area contributed by atoms with Gasteiger partial charge < -0.3 is 9.67 Å². The van der Waals surface area contributed by atoms with Crippen molar-refractivity contribution in [2.75, 3.05) is 0 Å².